The van der Waals surface area contributed by atoms with Crippen LogP contribution in [0.15, 0.2) is 88.8 Å². The van der Waals surface area contributed by atoms with Gasteiger partial charge in [-0.25, -0.2) is 18.1 Å². The molecule has 1 amide bonds. The highest BCUT2D eigenvalue weighted by Crippen LogP contribution is 2.36. The summed E-state index contributed by atoms with van der Waals surface area (Å²) in [6.07, 6.45) is 1.21. The van der Waals surface area contributed by atoms with Gasteiger partial charge in [-0.05, 0) is 36.9 Å². The van der Waals surface area contributed by atoms with Crippen LogP contribution in [0.2, 0.25) is 0 Å². The first-order valence-electron chi connectivity index (χ1n) is 8.47. The van der Waals surface area contributed by atoms with Crippen molar-refractivity contribution in [3.63, 3.8) is 0 Å². The number of sulfonamides is 1. The SMILES string of the molecule is CNS(=O)(=O)c1ccc(NC(=O)C(Sc2ccccc2)c2ccccc2)nc1. The molecular formula is C20H19N3O3S2. The van der Waals surface area contributed by atoms with Gasteiger partial charge in [-0.15, -0.1) is 11.8 Å². The number of nitrogens with one attached hydrogen (secondary N) is 2. The lowest BCUT2D eigenvalue weighted by molar-refractivity contribution is -0.115. The predicted octanol–water partition coefficient (Wildman–Crippen LogP) is 3.46. The molecule has 144 valence electrons. The Kier molecular flexibility index (Phi) is 6.45. The maximum Gasteiger partial charge on any atom is 0.243 e. The molecule has 0 saturated heterocycles. The van der Waals surface area contributed by atoms with Crippen molar-refractivity contribution < 1.29 is 13.2 Å². The average Bonchev–Trinajstić information content (AvgIpc) is 2.73. The highest BCUT2D eigenvalue weighted by Gasteiger charge is 2.22. The Morgan fingerprint density at radius 1 is 0.964 bits per heavy atom. The second kappa shape index (κ2) is 9.01. The van der Waals surface area contributed by atoms with Crippen LogP contribution in [0.1, 0.15) is 10.8 Å². The number of rotatable bonds is 7. The molecule has 3 rings (SSSR count). The van der Waals surface area contributed by atoms with Gasteiger partial charge in [0.15, 0.2) is 0 Å². The molecule has 2 aromatic carbocycles. The Labute approximate surface area is 168 Å². The molecular weight excluding hydrogens is 394 g/mol. The number of carbonyl (C=O) groups is 1. The molecule has 8 heteroatoms. The maximum atomic E-state index is 13.0. The fraction of sp³-hybridized carbons (Fsp3) is 0.100. The molecule has 1 unspecified atom stereocenters. The second-order valence-corrected chi connectivity index (χ2v) is 8.86. The average molecular weight is 414 g/mol. The molecule has 1 aromatic heterocycles. The van der Waals surface area contributed by atoms with Gasteiger partial charge < -0.3 is 5.32 Å². The minimum absolute atomic E-state index is 0.0336. The largest absolute Gasteiger partial charge is 0.309 e. The summed E-state index contributed by atoms with van der Waals surface area (Å²) in [5.41, 5.74) is 0.864. The van der Waals surface area contributed by atoms with Crippen LogP contribution in [-0.2, 0) is 14.8 Å². The lowest BCUT2D eigenvalue weighted by atomic mass is 10.1. The topological polar surface area (TPSA) is 88.2 Å². The van der Waals surface area contributed by atoms with Crippen LogP contribution in [0.25, 0.3) is 0 Å². The minimum Gasteiger partial charge on any atom is -0.309 e. The van der Waals surface area contributed by atoms with Gasteiger partial charge in [-0.3, -0.25) is 4.79 Å². The Bertz CT molecular complexity index is 1030. The molecule has 28 heavy (non-hydrogen) atoms. The first kappa shape index (κ1) is 20.1. The number of nitrogens with zero attached hydrogens (tertiary/aromatic N) is 1. The van der Waals surface area contributed by atoms with E-state index in [2.05, 4.69) is 15.0 Å². The Morgan fingerprint density at radius 3 is 2.18 bits per heavy atom. The van der Waals surface area contributed by atoms with Gasteiger partial charge >= 0.3 is 0 Å². The van der Waals surface area contributed by atoms with Crippen molar-refractivity contribution in [2.24, 2.45) is 0 Å². The van der Waals surface area contributed by atoms with E-state index in [1.807, 2.05) is 60.7 Å². The summed E-state index contributed by atoms with van der Waals surface area (Å²) in [5, 5.41) is 2.29. The summed E-state index contributed by atoms with van der Waals surface area (Å²) in [6, 6.07) is 22.0. The van der Waals surface area contributed by atoms with Crippen LogP contribution in [0.3, 0.4) is 0 Å². The number of pyridine rings is 1. The third-order valence-corrected chi connectivity index (χ3v) is 6.57. The molecule has 0 bridgehead atoms. The van der Waals surface area contributed by atoms with Gasteiger partial charge in [0.1, 0.15) is 16.0 Å². The van der Waals surface area contributed by atoms with E-state index in [4.69, 9.17) is 0 Å². The third kappa shape index (κ3) is 4.98. The monoisotopic (exact) mass is 413 g/mol. The zero-order valence-electron chi connectivity index (χ0n) is 15.1. The van der Waals surface area contributed by atoms with Crippen molar-refractivity contribution in [1.82, 2.24) is 9.71 Å². The van der Waals surface area contributed by atoms with Gasteiger partial charge in [0.25, 0.3) is 0 Å². The molecule has 0 aliphatic heterocycles. The fourth-order valence-corrected chi connectivity index (χ4v) is 4.18. The van der Waals surface area contributed by atoms with E-state index >= 15 is 0 Å². The van der Waals surface area contributed by atoms with Gasteiger partial charge in [0.05, 0.1) is 0 Å². The van der Waals surface area contributed by atoms with Crippen LogP contribution in [0.4, 0.5) is 5.82 Å². The predicted molar refractivity (Wildman–Crippen MR) is 111 cm³/mol. The van der Waals surface area contributed by atoms with Gasteiger partial charge in [-0.1, -0.05) is 48.5 Å². The molecule has 1 atom stereocenters. The van der Waals surface area contributed by atoms with E-state index in [0.29, 0.717) is 0 Å². The number of hydrogen-bond donors (Lipinski definition) is 2. The second-order valence-electron chi connectivity index (χ2n) is 5.80. The van der Waals surface area contributed by atoms with Crippen LogP contribution < -0.4 is 10.0 Å². The summed E-state index contributed by atoms with van der Waals surface area (Å²) in [7, 11) is -2.24. The number of carbonyl (C=O) groups excluding carboxylic acids is 1. The number of benzene rings is 2. The van der Waals surface area contributed by atoms with Crippen LogP contribution in [0.5, 0.6) is 0 Å². The summed E-state index contributed by atoms with van der Waals surface area (Å²) in [4.78, 5) is 18.0. The molecule has 0 aliphatic carbocycles. The molecule has 0 spiro atoms. The highest BCUT2D eigenvalue weighted by atomic mass is 32.2. The minimum atomic E-state index is -3.57. The fourth-order valence-electron chi connectivity index (χ4n) is 2.46. The van der Waals surface area contributed by atoms with E-state index in [1.54, 1.807) is 0 Å². The van der Waals surface area contributed by atoms with Crippen molar-refractivity contribution >= 4 is 33.5 Å². The zero-order chi connectivity index (χ0) is 20.0. The molecule has 3 aromatic rings. The molecule has 0 aliphatic rings. The van der Waals surface area contributed by atoms with E-state index in [0.717, 1.165) is 10.5 Å². The zero-order valence-corrected chi connectivity index (χ0v) is 16.7. The Hall–Kier alpha value is -2.68. The van der Waals surface area contributed by atoms with Gasteiger partial charge in [-0.2, -0.15) is 0 Å². The quantitative estimate of drug-likeness (QED) is 0.579. The highest BCUT2D eigenvalue weighted by molar-refractivity contribution is 8.00. The normalized spacial score (nSPS) is 12.3. The van der Waals surface area contributed by atoms with Crippen molar-refractivity contribution in [3.8, 4) is 0 Å². The van der Waals surface area contributed by atoms with E-state index in [-0.39, 0.29) is 16.6 Å². The number of anilines is 1. The van der Waals surface area contributed by atoms with Crippen molar-refractivity contribution in [2.75, 3.05) is 12.4 Å². The number of amides is 1. The third-order valence-electron chi connectivity index (χ3n) is 3.90. The Balaban J connectivity index is 1.81. The van der Waals surface area contributed by atoms with E-state index < -0.39 is 15.3 Å². The number of aromatic nitrogens is 1. The summed E-state index contributed by atoms with van der Waals surface area (Å²) < 4.78 is 25.8. The number of hydrogen-bond acceptors (Lipinski definition) is 5. The standard InChI is InChI=1S/C20H19N3O3S2/c1-21-28(25,26)17-12-13-18(22-14-17)23-20(24)19(15-8-4-2-5-9-15)27-16-10-6-3-7-11-16/h2-14,19,21H,1H3,(H,22,23,24). The van der Waals surface area contributed by atoms with Crippen LogP contribution in [0, 0.1) is 0 Å². The molecule has 0 radical (unpaired) electrons. The van der Waals surface area contributed by atoms with Crippen LogP contribution >= 0.6 is 11.8 Å². The lowest BCUT2D eigenvalue weighted by Crippen LogP contribution is -2.21. The van der Waals surface area contributed by atoms with Gasteiger partial charge in [0.2, 0.25) is 15.9 Å². The van der Waals surface area contributed by atoms with Crippen molar-refractivity contribution in [1.29, 1.82) is 0 Å². The molecule has 6 nitrogen and oxygen atoms in total. The summed E-state index contributed by atoms with van der Waals surface area (Å²) in [5.74, 6) is 0.0476. The smallest absolute Gasteiger partial charge is 0.243 e. The van der Waals surface area contributed by atoms with Gasteiger partial charge in [0, 0.05) is 11.1 Å². The Morgan fingerprint density at radius 2 is 1.61 bits per heavy atom. The van der Waals surface area contributed by atoms with Crippen LogP contribution in [-0.4, -0.2) is 26.4 Å². The summed E-state index contributed by atoms with van der Waals surface area (Å²) in [6.45, 7) is 0. The molecule has 2 N–H and O–H groups in total. The molecule has 0 saturated carbocycles. The lowest BCUT2D eigenvalue weighted by Gasteiger charge is -2.17. The maximum absolute atomic E-state index is 13.0. The first-order valence-corrected chi connectivity index (χ1v) is 10.8. The first-order chi connectivity index (χ1) is 13.5. The molecule has 0 fully saturated rings. The number of thioether (sulfide) groups is 1. The summed E-state index contributed by atoms with van der Waals surface area (Å²) >= 11 is 1.43. The van der Waals surface area contributed by atoms with Crippen molar-refractivity contribution in [2.45, 2.75) is 15.0 Å². The van der Waals surface area contributed by atoms with E-state index in [9.17, 15) is 13.2 Å². The van der Waals surface area contributed by atoms with E-state index in [1.165, 1.54) is 37.1 Å². The molecule has 1 heterocycles. The van der Waals surface area contributed by atoms with Crippen molar-refractivity contribution in [3.05, 3.63) is 84.6 Å².